The highest BCUT2D eigenvalue weighted by Crippen LogP contribution is 2.31. The standard InChI is InChI=1S/C16H12N2O5S/c19-16(13-7-20-11-3-1-2-4-12(11)22-13)21-8-14-17-15(18-23-14)10-5-6-24-9-10/h1-6,9,13H,7-8H2/t13-/m0/s1. The monoisotopic (exact) mass is 344 g/mol. The lowest BCUT2D eigenvalue weighted by Gasteiger charge is -2.24. The third-order valence-corrected chi connectivity index (χ3v) is 4.04. The maximum Gasteiger partial charge on any atom is 0.351 e. The Bertz CT molecular complexity index is 846. The third kappa shape index (κ3) is 2.95. The van der Waals surface area contributed by atoms with Crippen molar-refractivity contribution in [1.29, 1.82) is 0 Å². The smallest absolute Gasteiger partial charge is 0.351 e. The summed E-state index contributed by atoms with van der Waals surface area (Å²) in [6.45, 7) is -0.0166. The van der Waals surface area contributed by atoms with E-state index in [0.717, 1.165) is 5.56 Å². The Kier molecular flexibility index (Phi) is 3.87. The number of rotatable bonds is 4. The molecule has 1 aromatic carbocycles. The second-order valence-electron chi connectivity index (χ2n) is 5.00. The average molecular weight is 344 g/mol. The maximum atomic E-state index is 12.1. The predicted molar refractivity (Wildman–Crippen MR) is 83.8 cm³/mol. The lowest BCUT2D eigenvalue weighted by molar-refractivity contribution is -0.156. The molecular formula is C16H12N2O5S. The number of aromatic nitrogens is 2. The van der Waals surface area contributed by atoms with Crippen molar-refractivity contribution in [2.24, 2.45) is 0 Å². The summed E-state index contributed by atoms with van der Waals surface area (Å²) in [4.78, 5) is 16.3. The summed E-state index contributed by atoms with van der Waals surface area (Å²) in [6.07, 6.45) is -0.820. The van der Waals surface area contributed by atoms with Crippen molar-refractivity contribution in [2.75, 3.05) is 6.61 Å². The molecule has 1 atom stereocenters. The zero-order chi connectivity index (χ0) is 16.4. The fraction of sp³-hybridized carbons (Fsp3) is 0.188. The normalized spacial score (nSPS) is 15.9. The highest BCUT2D eigenvalue weighted by atomic mass is 32.1. The minimum atomic E-state index is -0.820. The van der Waals surface area contributed by atoms with E-state index >= 15 is 0 Å². The van der Waals surface area contributed by atoms with E-state index < -0.39 is 12.1 Å². The van der Waals surface area contributed by atoms with Gasteiger partial charge in [-0.05, 0) is 23.6 Å². The highest BCUT2D eigenvalue weighted by Gasteiger charge is 2.29. The summed E-state index contributed by atoms with van der Waals surface area (Å²) in [5, 5.41) is 7.68. The van der Waals surface area contributed by atoms with Crippen LogP contribution in [-0.4, -0.2) is 28.8 Å². The van der Waals surface area contributed by atoms with Crippen molar-refractivity contribution in [3.63, 3.8) is 0 Å². The quantitative estimate of drug-likeness (QED) is 0.673. The molecule has 2 aromatic heterocycles. The Morgan fingerprint density at radius 1 is 1.29 bits per heavy atom. The molecule has 0 N–H and O–H groups in total. The van der Waals surface area contributed by atoms with E-state index in [-0.39, 0.29) is 19.1 Å². The molecular weight excluding hydrogens is 332 g/mol. The molecule has 4 rings (SSSR count). The average Bonchev–Trinajstić information content (AvgIpc) is 3.30. The van der Waals surface area contributed by atoms with Gasteiger partial charge in [-0.2, -0.15) is 16.3 Å². The molecule has 0 aliphatic carbocycles. The van der Waals surface area contributed by atoms with E-state index in [9.17, 15) is 4.79 Å². The largest absolute Gasteiger partial charge is 0.485 e. The number of hydrogen-bond acceptors (Lipinski definition) is 8. The number of esters is 1. The number of carbonyl (C=O) groups is 1. The van der Waals surface area contributed by atoms with E-state index in [1.54, 1.807) is 18.2 Å². The zero-order valence-electron chi connectivity index (χ0n) is 12.4. The maximum absolute atomic E-state index is 12.1. The van der Waals surface area contributed by atoms with Gasteiger partial charge in [0.2, 0.25) is 11.9 Å². The summed E-state index contributed by atoms with van der Waals surface area (Å²) in [6, 6.07) is 9.04. The lowest BCUT2D eigenvalue weighted by atomic mass is 10.2. The van der Waals surface area contributed by atoms with Crippen LogP contribution >= 0.6 is 11.3 Å². The van der Waals surface area contributed by atoms with Gasteiger partial charge in [0.1, 0.15) is 6.61 Å². The van der Waals surface area contributed by atoms with Gasteiger partial charge in [-0.1, -0.05) is 17.3 Å². The first-order valence-corrected chi connectivity index (χ1v) is 8.14. The molecule has 0 saturated heterocycles. The van der Waals surface area contributed by atoms with Crippen LogP contribution in [-0.2, 0) is 16.1 Å². The van der Waals surface area contributed by atoms with Crippen molar-refractivity contribution < 1.29 is 23.5 Å². The molecule has 0 spiro atoms. The molecule has 122 valence electrons. The third-order valence-electron chi connectivity index (χ3n) is 3.36. The first-order chi connectivity index (χ1) is 11.8. The van der Waals surface area contributed by atoms with Crippen LogP contribution in [0.4, 0.5) is 0 Å². The van der Waals surface area contributed by atoms with Gasteiger partial charge in [0.25, 0.3) is 5.89 Å². The Morgan fingerprint density at radius 2 is 2.17 bits per heavy atom. The number of nitrogens with zero attached hydrogens (tertiary/aromatic N) is 2. The molecule has 0 bridgehead atoms. The number of hydrogen-bond donors (Lipinski definition) is 0. The SMILES string of the molecule is O=C(OCc1nc(-c2ccsc2)no1)[C@@H]1COc2ccccc2O1. The number of thiophene rings is 1. The summed E-state index contributed by atoms with van der Waals surface area (Å²) < 4.78 is 21.3. The molecule has 0 saturated carbocycles. The van der Waals surface area contributed by atoms with Crippen LogP contribution < -0.4 is 9.47 Å². The van der Waals surface area contributed by atoms with Gasteiger partial charge < -0.3 is 18.7 Å². The molecule has 7 nitrogen and oxygen atoms in total. The number of para-hydroxylation sites is 2. The van der Waals surface area contributed by atoms with Crippen molar-refractivity contribution >= 4 is 17.3 Å². The van der Waals surface area contributed by atoms with Gasteiger partial charge in [-0.15, -0.1) is 0 Å². The van der Waals surface area contributed by atoms with Crippen molar-refractivity contribution in [2.45, 2.75) is 12.7 Å². The molecule has 8 heteroatoms. The number of benzene rings is 1. The molecule has 0 unspecified atom stereocenters. The van der Waals surface area contributed by atoms with Crippen molar-refractivity contribution in [3.05, 3.63) is 47.0 Å². The summed E-state index contributed by atoms with van der Waals surface area (Å²) in [5.74, 6) is 1.28. The highest BCUT2D eigenvalue weighted by molar-refractivity contribution is 7.08. The molecule has 24 heavy (non-hydrogen) atoms. The van der Waals surface area contributed by atoms with E-state index in [2.05, 4.69) is 10.1 Å². The summed E-state index contributed by atoms with van der Waals surface area (Å²) >= 11 is 1.54. The Morgan fingerprint density at radius 3 is 3.00 bits per heavy atom. The summed E-state index contributed by atoms with van der Waals surface area (Å²) in [5.41, 5.74) is 0.863. The zero-order valence-corrected chi connectivity index (χ0v) is 13.2. The molecule has 0 fully saturated rings. The summed E-state index contributed by atoms with van der Waals surface area (Å²) in [7, 11) is 0. The van der Waals surface area contributed by atoms with Gasteiger partial charge in [-0.3, -0.25) is 0 Å². The minimum Gasteiger partial charge on any atom is -0.485 e. The lowest BCUT2D eigenvalue weighted by Crippen LogP contribution is -2.37. The Balaban J connectivity index is 1.36. The number of carbonyl (C=O) groups excluding carboxylic acids is 1. The van der Waals surface area contributed by atoms with Crippen LogP contribution in [0.5, 0.6) is 11.5 Å². The van der Waals surface area contributed by atoms with Gasteiger partial charge >= 0.3 is 5.97 Å². The fourth-order valence-electron chi connectivity index (χ4n) is 2.18. The van der Waals surface area contributed by atoms with Crippen molar-refractivity contribution in [3.8, 4) is 22.9 Å². The first kappa shape index (κ1) is 14.7. The van der Waals surface area contributed by atoms with E-state index in [4.69, 9.17) is 18.7 Å². The number of fused-ring (bicyclic) bond motifs is 1. The molecule has 3 heterocycles. The van der Waals surface area contributed by atoms with Crippen LogP contribution in [0.3, 0.4) is 0 Å². The van der Waals surface area contributed by atoms with Gasteiger partial charge in [0.05, 0.1) is 0 Å². The first-order valence-electron chi connectivity index (χ1n) is 7.20. The molecule has 3 aromatic rings. The van der Waals surface area contributed by atoms with E-state index in [1.807, 2.05) is 22.9 Å². The molecule has 0 amide bonds. The Hall–Kier alpha value is -2.87. The molecule has 0 radical (unpaired) electrons. The predicted octanol–water partition coefficient (Wildman–Crippen LogP) is 2.68. The van der Waals surface area contributed by atoms with Crippen LogP contribution in [0.2, 0.25) is 0 Å². The second-order valence-corrected chi connectivity index (χ2v) is 5.78. The van der Waals surface area contributed by atoms with E-state index in [1.165, 1.54) is 11.3 Å². The molecule has 1 aliphatic rings. The van der Waals surface area contributed by atoms with Crippen LogP contribution in [0.1, 0.15) is 5.89 Å². The van der Waals surface area contributed by atoms with Gasteiger partial charge in [-0.25, -0.2) is 4.79 Å². The second kappa shape index (κ2) is 6.32. The van der Waals surface area contributed by atoms with Crippen LogP contribution in [0, 0.1) is 0 Å². The van der Waals surface area contributed by atoms with Crippen molar-refractivity contribution in [1.82, 2.24) is 10.1 Å². The van der Waals surface area contributed by atoms with Crippen LogP contribution in [0.25, 0.3) is 11.4 Å². The fourth-order valence-corrected chi connectivity index (χ4v) is 2.82. The number of ether oxygens (including phenoxy) is 3. The topological polar surface area (TPSA) is 83.7 Å². The Labute approximate surface area is 140 Å². The van der Waals surface area contributed by atoms with Crippen LogP contribution in [0.15, 0.2) is 45.6 Å². The van der Waals surface area contributed by atoms with E-state index in [0.29, 0.717) is 17.3 Å². The van der Waals surface area contributed by atoms with Gasteiger partial charge in [0.15, 0.2) is 18.1 Å². The molecule has 1 aliphatic heterocycles. The minimum absolute atomic E-state index is 0.0971. The van der Waals surface area contributed by atoms with Gasteiger partial charge in [0, 0.05) is 10.9 Å².